The third-order valence-electron chi connectivity index (χ3n) is 3.11. The Balaban J connectivity index is 2.91. The third-order valence-corrected chi connectivity index (χ3v) is 3.11. The van der Waals surface area contributed by atoms with Crippen LogP contribution >= 0.6 is 0 Å². The zero-order valence-corrected chi connectivity index (χ0v) is 11.4. The summed E-state index contributed by atoms with van der Waals surface area (Å²) in [6.07, 6.45) is 2.64. The van der Waals surface area contributed by atoms with Crippen molar-refractivity contribution in [1.29, 1.82) is 5.26 Å². The summed E-state index contributed by atoms with van der Waals surface area (Å²) in [7, 11) is 0. The van der Waals surface area contributed by atoms with E-state index >= 15 is 0 Å². The first kappa shape index (κ1) is 15.0. The van der Waals surface area contributed by atoms with E-state index in [4.69, 9.17) is 0 Å². The Labute approximate surface area is 114 Å². The van der Waals surface area contributed by atoms with Gasteiger partial charge in [0.2, 0.25) is 5.91 Å². The molecule has 1 aromatic carbocycles. The summed E-state index contributed by atoms with van der Waals surface area (Å²) < 4.78 is 0. The molecule has 0 bridgehead atoms. The van der Waals surface area contributed by atoms with Crippen molar-refractivity contribution in [3.63, 3.8) is 0 Å². The van der Waals surface area contributed by atoms with Crippen molar-refractivity contribution in [2.45, 2.75) is 39.5 Å². The summed E-state index contributed by atoms with van der Waals surface area (Å²) in [6, 6.07) is 8.52. The van der Waals surface area contributed by atoms with Crippen LogP contribution in [0.15, 0.2) is 24.3 Å². The fraction of sp³-hybridized carbons (Fsp3) is 0.467. The molecule has 0 aliphatic rings. The second-order valence-corrected chi connectivity index (χ2v) is 4.70. The number of phenols is 1. The molecule has 0 heterocycles. The van der Waals surface area contributed by atoms with Crippen LogP contribution in [0.5, 0.6) is 5.75 Å². The maximum atomic E-state index is 12.3. The van der Waals surface area contributed by atoms with Gasteiger partial charge in [0.15, 0.2) is 0 Å². The van der Waals surface area contributed by atoms with Gasteiger partial charge in [0.25, 0.3) is 0 Å². The minimum Gasteiger partial charge on any atom is -0.508 e. The first-order valence-electron chi connectivity index (χ1n) is 6.59. The van der Waals surface area contributed by atoms with E-state index in [0.717, 1.165) is 12.8 Å². The molecule has 1 aromatic rings. The number of anilines is 1. The lowest BCUT2D eigenvalue weighted by Gasteiger charge is -2.24. The van der Waals surface area contributed by atoms with Crippen molar-refractivity contribution >= 4 is 11.6 Å². The largest absolute Gasteiger partial charge is 0.508 e. The molecular weight excluding hydrogens is 240 g/mol. The smallest absolute Gasteiger partial charge is 0.244 e. The van der Waals surface area contributed by atoms with Gasteiger partial charge in [0, 0.05) is 11.8 Å². The molecular formula is C15H20N2O2. The van der Waals surface area contributed by atoms with Gasteiger partial charge >= 0.3 is 0 Å². The van der Waals surface area contributed by atoms with Gasteiger partial charge in [-0.15, -0.1) is 0 Å². The van der Waals surface area contributed by atoms with Gasteiger partial charge in [-0.05, 0) is 25.0 Å². The summed E-state index contributed by atoms with van der Waals surface area (Å²) in [4.78, 5) is 12.3. The van der Waals surface area contributed by atoms with E-state index in [2.05, 4.69) is 11.4 Å². The lowest BCUT2D eigenvalue weighted by atomic mass is 9.79. The molecule has 102 valence electrons. The number of rotatable bonds is 6. The van der Waals surface area contributed by atoms with Crippen LogP contribution in [0.3, 0.4) is 0 Å². The van der Waals surface area contributed by atoms with Gasteiger partial charge in [-0.2, -0.15) is 5.26 Å². The van der Waals surface area contributed by atoms with Crippen LogP contribution in [0, 0.1) is 16.7 Å². The van der Waals surface area contributed by atoms with E-state index in [0.29, 0.717) is 18.5 Å². The van der Waals surface area contributed by atoms with E-state index in [1.54, 1.807) is 12.1 Å². The molecule has 0 unspecified atom stereocenters. The van der Waals surface area contributed by atoms with Crippen molar-refractivity contribution in [3.05, 3.63) is 24.3 Å². The Morgan fingerprint density at radius 1 is 1.37 bits per heavy atom. The molecule has 0 aliphatic heterocycles. The average Bonchev–Trinajstić information content (AvgIpc) is 2.38. The summed E-state index contributed by atoms with van der Waals surface area (Å²) in [6.45, 7) is 3.92. The van der Waals surface area contributed by atoms with E-state index in [-0.39, 0.29) is 11.7 Å². The standard InChI is InChI=1S/C15H20N2O2/c1-3-8-15(11-16,9-4-2)14(19)17-12-6-5-7-13(18)10-12/h5-7,10,18H,3-4,8-9H2,1-2H3,(H,17,19). The molecule has 0 fully saturated rings. The highest BCUT2D eigenvalue weighted by Crippen LogP contribution is 2.31. The van der Waals surface area contributed by atoms with Gasteiger partial charge < -0.3 is 10.4 Å². The fourth-order valence-electron chi connectivity index (χ4n) is 2.20. The Morgan fingerprint density at radius 2 is 2.00 bits per heavy atom. The Kier molecular flexibility index (Phi) is 5.37. The number of nitriles is 1. The van der Waals surface area contributed by atoms with E-state index < -0.39 is 5.41 Å². The summed E-state index contributed by atoms with van der Waals surface area (Å²) >= 11 is 0. The molecule has 0 saturated heterocycles. The van der Waals surface area contributed by atoms with E-state index in [1.807, 2.05) is 13.8 Å². The minimum absolute atomic E-state index is 0.0892. The van der Waals surface area contributed by atoms with Gasteiger partial charge in [0.1, 0.15) is 11.2 Å². The summed E-state index contributed by atoms with van der Waals surface area (Å²) in [5.74, 6) is -0.198. The van der Waals surface area contributed by atoms with E-state index in [1.165, 1.54) is 12.1 Å². The van der Waals surface area contributed by atoms with Crippen molar-refractivity contribution in [2.24, 2.45) is 5.41 Å². The number of benzene rings is 1. The summed E-state index contributed by atoms with van der Waals surface area (Å²) in [5, 5.41) is 21.5. The van der Waals surface area contributed by atoms with Gasteiger partial charge in [-0.3, -0.25) is 4.79 Å². The number of nitrogens with zero attached hydrogens (tertiary/aromatic N) is 1. The topological polar surface area (TPSA) is 73.1 Å². The van der Waals surface area contributed by atoms with Crippen LogP contribution in [0.4, 0.5) is 5.69 Å². The lowest BCUT2D eigenvalue weighted by Crippen LogP contribution is -2.35. The molecule has 1 rings (SSSR count). The molecule has 0 saturated carbocycles. The predicted octanol–water partition coefficient (Wildman–Crippen LogP) is 3.44. The Bertz CT molecular complexity index is 471. The number of amides is 1. The predicted molar refractivity (Wildman–Crippen MR) is 74.6 cm³/mol. The zero-order valence-electron chi connectivity index (χ0n) is 11.4. The van der Waals surface area contributed by atoms with Crippen molar-refractivity contribution in [3.8, 4) is 11.8 Å². The van der Waals surface area contributed by atoms with Crippen LogP contribution < -0.4 is 5.32 Å². The fourth-order valence-corrected chi connectivity index (χ4v) is 2.20. The van der Waals surface area contributed by atoms with E-state index in [9.17, 15) is 15.2 Å². The molecule has 2 N–H and O–H groups in total. The summed E-state index contributed by atoms with van der Waals surface area (Å²) in [5.41, 5.74) is -0.466. The molecule has 0 aromatic heterocycles. The Morgan fingerprint density at radius 3 is 2.47 bits per heavy atom. The molecule has 19 heavy (non-hydrogen) atoms. The van der Waals surface area contributed by atoms with Crippen LogP contribution in [0.25, 0.3) is 0 Å². The molecule has 0 aliphatic carbocycles. The third kappa shape index (κ3) is 3.72. The first-order valence-corrected chi connectivity index (χ1v) is 6.59. The highest BCUT2D eigenvalue weighted by Gasteiger charge is 2.36. The van der Waals surface area contributed by atoms with Crippen LogP contribution in [0.2, 0.25) is 0 Å². The first-order chi connectivity index (χ1) is 9.07. The van der Waals surface area contributed by atoms with Crippen molar-refractivity contribution in [2.75, 3.05) is 5.32 Å². The number of hydrogen-bond acceptors (Lipinski definition) is 3. The number of carbonyl (C=O) groups excluding carboxylic acids is 1. The highest BCUT2D eigenvalue weighted by molar-refractivity contribution is 5.97. The second kappa shape index (κ2) is 6.79. The van der Waals surface area contributed by atoms with Crippen molar-refractivity contribution in [1.82, 2.24) is 0 Å². The van der Waals surface area contributed by atoms with Crippen LogP contribution in [0.1, 0.15) is 39.5 Å². The van der Waals surface area contributed by atoms with Gasteiger partial charge in [-0.25, -0.2) is 0 Å². The number of hydrogen-bond donors (Lipinski definition) is 2. The van der Waals surface area contributed by atoms with Crippen LogP contribution in [-0.4, -0.2) is 11.0 Å². The van der Waals surface area contributed by atoms with Gasteiger partial charge in [-0.1, -0.05) is 32.8 Å². The van der Waals surface area contributed by atoms with Gasteiger partial charge in [0.05, 0.1) is 6.07 Å². The molecule has 4 heteroatoms. The zero-order chi connectivity index (χ0) is 14.3. The average molecular weight is 260 g/mol. The highest BCUT2D eigenvalue weighted by atomic mass is 16.3. The molecule has 1 amide bonds. The lowest BCUT2D eigenvalue weighted by molar-refractivity contribution is -0.123. The monoisotopic (exact) mass is 260 g/mol. The van der Waals surface area contributed by atoms with Crippen molar-refractivity contribution < 1.29 is 9.90 Å². The quantitative estimate of drug-likeness (QED) is 0.822. The Hall–Kier alpha value is -2.02. The number of carbonyl (C=O) groups is 1. The molecule has 0 radical (unpaired) electrons. The molecule has 0 spiro atoms. The molecule has 4 nitrogen and oxygen atoms in total. The normalized spacial score (nSPS) is 10.8. The second-order valence-electron chi connectivity index (χ2n) is 4.70. The number of nitrogens with one attached hydrogen (secondary N) is 1. The molecule has 0 atom stereocenters. The minimum atomic E-state index is -0.977. The number of aromatic hydroxyl groups is 1. The SMILES string of the molecule is CCCC(C#N)(CCC)C(=O)Nc1cccc(O)c1. The maximum absolute atomic E-state index is 12.3. The number of phenolic OH excluding ortho intramolecular Hbond substituents is 1. The van der Waals surface area contributed by atoms with Crippen LogP contribution in [-0.2, 0) is 4.79 Å². The maximum Gasteiger partial charge on any atom is 0.244 e.